The molecule has 2 aromatic carbocycles. The number of anilines is 1. The van der Waals surface area contributed by atoms with Crippen molar-refractivity contribution in [3.05, 3.63) is 69.7 Å². The summed E-state index contributed by atoms with van der Waals surface area (Å²) in [5.74, 6) is -0.380. The van der Waals surface area contributed by atoms with Crippen LogP contribution in [-0.4, -0.2) is 20.0 Å². The highest BCUT2D eigenvalue weighted by molar-refractivity contribution is 9.10. The van der Waals surface area contributed by atoms with Gasteiger partial charge in [0.1, 0.15) is 11.6 Å². The van der Waals surface area contributed by atoms with Crippen LogP contribution in [0, 0.1) is 11.3 Å². The minimum Gasteiger partial charge on any atom is -0.377 e. The summed E-state index contributed by atoms with van der Waals surface area (Å²) in [6.07, 6.45) is 1.59. The van der Waals surface area contributed by atoms with Gasteiger partial charge in [0, 0.05) is 25.1 Å². The van der Waals surface area contributed by atoms with Crippen molar-refractivity contribution in [2.75, 3.05) is 19.0 Å². The number of hydrogen-bond acceptors (Lipinski definition) is 3. The normalized spacial score (nSPS) is 10.8. The second kappa shape index (κ2) is 8.32. The van der Waals surface area contributed by atoms with Crippen molar-refractivity contribution in [3.63, 3.8) is 0 Å². The van der Waals surface area contributed by atoms with Crippen LogP contribution in [0.25, 0.3) is 6.08 Å². The molecule has 2 aromatic rings. The molecule has 1 N–H and O–H groups in total. The highest BCUT2D eigenvalue weighted by atomic mass is 79.9. The molecule has 2 rings (SSSR count). The molecule has 0 atom stereocenters. The first-order valence-electron chi connectivity index (χ1n) is 7.42. The van der Waals surface area contributed by atoms with Crippen LogP contribution >= 0.6 is 15.9 Å². The van der Waals surface area contributed by atoms with Gasteiger partial charge in [0.05, 0.1) is 5.69 Å². The largest absolute Gasteiger partial charge is 0.377 e. The molecular formula is C19H18BrN3O. The Bertz CT molecular complexity index is 792. The van der Waals surface area contributed by atoms with Crippen molar-refractivity contribution in [1.82, 2.24) is 5.32 Å². The number of halogens is 1. The van der Waals surface area contributed by atoms with Crippen LogP contribution in [0.1, 0.15) is 11.1 Å². The van der Waals surface area contributed by atoms with Crippen molar-refractivity contribution in [2.45, 2.75) is 6.54 Å². The van der Waals surface area contributed by atoms with Gasteiger partial charge in [0.2, 0.25) is 0 Å². The van der Waals surface area contributed by atoms with Gasteiger partial charge in [0.15, 0.2) is 0 Å². The Morgan fingerprint density at radius 1 is 1.25 bits per heavy atom. The van der Waals surface area contributed by atoms with Crippen LogP contribution in [0.2, 0.25) is 0 Å². The number of carbonyl (C=O) groups is 1. The first-order chi connectivity index (χ1) is 11.5. The Morgan fingerprint density at radius 3 is 2.54 bits per heavy atom. The molecule has 0 saturated carbocycles. The number of nitrogens with zero attached hydrogens (tertiary/aromatic N) is 2. The zero-order valence-corrected chi connectivity index (χ0v) is 15.2. The third-order valence-corrected chi connectivity index (χ3v) is 4.06. The summed E-state index contributed by atoms with van der Waals surface area (Å²) < 4.78 is 0.906. The van der Waals surface area contributed by atoms with E-state index < -0.39 is 0 Å². The number of carbonyl (C=O) groups excluding carboxylic acids is 1. The van der Waals surface area contributed by atoms with Crippen molar-refractivity contribution < 1.29 is 4.79 Å². The summed E-state index contributed by atoms with van der Waals surface area (Å²) in [7, 11) is 3.90. The number of nitriles is 1. The van der Waals surface area contributed by atoms with E-state index in [0.717, 1.165) is 21.3 Å². The Labute approximate surface area is 150 Å². The van der Waals surface area contributed by atoms with Crippen LogP contribution in [-0.2, 0) is 11.3 Å². The third kappa shape index (κ3) is 4.71. The van der Waals surface area contributed by atoms with Crippen LogP contribution in [0.15, 0.2) is 58.6 Å². The van der Waals surface area contributed by atoms with Gasteiger partial charge in [-0.05, 0) is 45.3 Å². The standard InChI is InChI=1S/C19H18BrN3O/c1-23(2)18-9-8-15(11-17(18)20)10-16(12-21)19(24)22-13-14-6-4-3-5-7-14/h3-11H,13H2,1-2H3,(H,22,24). The fraction of sp³-hybridized carbons (Fsp3) is 0.158. The fourth-order valence-corrected chi connectivity index (χ4v) is 2.92. The maximum Gasteiger partial charge on any atom is 0.262 e. The maximum atomic E-state index is 12.2. The second-order valence-corrected chi connectivity index (χ2v) is 6.30. The van der Waals surface area contributed by atoms with Gasteiger partial charge in [-0.3, -0.25) is 4.79 Å². The lowest BCUT2D eigenvalue weighted by Crippen LogP contribution is -2.23. The molecule has 0 aliphatic heterocycles. The zero-order valence-electron chi connectivity index (χ0n) is 13.6. The summed E-state index contributed by atoms with van der Waals surface area (Å²) >= 11 is 3.50. The zero-order chi connectivity index (χ0) is 17.5. The molecule has 122 valence electrons. The average Bonchev–Trinajstić information content (AvgIpc) is 2.58. The Hall–Kier alpha value is -2.58. The van der Waals surface area contributed by atoms with Gasteiger partial charge in [-0.15, -0.1) is 0 Å². The molecule has 0 aromatic heterocycles. The van der Waals surface area contributed by atoms with Crippen molar-refractivity contribution in [3.8, 4) is 6.07 Å². The van der Waals surface area contributed by atoms with E-state index in [2.05, 4.69) is 21.2 Å². The lowest BCUT2D eigenvalue weighted by atomic mass is 10.1. The van der Waals surface area contributed by atoms with E-state index in [0.29, 0.717) is 6.54 Å². The van der Waals surface area contributed by atoms with E-state index in [4.69, 9.17) is 0 Å². The highest BCUT2D eigenvalue weighted by Crippen LogP contribution is 2.26. The maximum absolute atomic E-state index is 12.2. The molecule has 5 heteroatoms. The summed E-state index contributed by atoms with van der Waals surface area (Å²) in [4.78, 5) is 14.2. The summed E-state index contributed by atoms with van der Waals surface area (Å²) in [6, 6.07) is 17.3. The molecule has 0 aliphatic rings. The molecule has 0 unspecified atom stereocenters. The predicted molar refractivity (Wildman–Crippen MR) is 100 cm³/mol. The monoisotopic (exact) mass is 383 g/mol. The smallest absolute Gasteiger partial charge is 0.262 e. The van der Waals surface area contributed by atoms with Crippen LogP contribution in [0.4, 0.5) is 5.69 Å². The Balaban J connectivity index is 2.12. The molecule has 0 saturated heterocycles. The van der Waals surface area contributed by atoms with Gasteiger partial charge >= 0.3 is 0 Å². The van der Waals surface area contributed by atoms with Crippen LogP contribution < -0.4 is 10.2 Å². The SMILES string of the molecule is CN(C)c1ccc(C=C(C#N)C(=O)NCc2ccccc2)cc1Br. The minimum atomic E-state index is -0.380. The van der Waals surface area contributed by atoms with Gasteiger partial charge in [-0.1, -0.05) is 36.4 Å². The molecule has 1 amide bonds. The highest BCUT2D eigenvalue weighted by Gasteiger charge is 2.09. The molecule has 0 fully saturated rings. The number of hydrogen-bond donors (Lipinski definition) is 1. The summed E-state index contributed by atoms with van der Waals surface area (Å²) in [5, 5.41) is 12.0. The van der Waals surface area contributed by atoms with E-state index in [9.17, 15) is 10.1 Å². The molecule has 0 bridgehead atoms. The molecule has 24 heavy (non-hydrogen) atoms. The summed E-state index contributed by atoms with van der Waals surface area (Å²) in [5.41, 5.74) is 2.88. The van der Waals surface area contributed by atoms with Crippen molar-refractivity contribution in [1.29, 1.82) is 5.26 Å². The van der Waals surface area contributed by atoms with E-state index in [1.807, 2.05) is 73.6 Å². The van der Waals surface area contributed by atoms with Gasteiger partial charge < -0.3 is 10.2 Å². The van der Waals surface area contributed by atoms with E-state index in [1.165, 1.54) is 0 Å². The number of nitrogens with one attached hydrogen (secondary N) is 1. The molecule has 0 aliphatic carbocycles. The molecule has 0 radical (unpaired) electrons. The van der Waals surface area contributed by atoms with Gasteiger partial charge in [-0.25, -0.2) is 0 Å². The number of amides is 1. The molecule has 4 nitrogen and oxygen atoms in total. The fourth-order valence-electron chi connectivity index (χ4n) is 2.16. The lowest BCUT2D eigenvalue weighted by Gasteiger charge is -2.14. The predicted octanol–water partition coefficient (Wildman–Crippen LogP) is 3.74. The van der Waals surface area contributed by atoms with Gasteiger partial charge in [0.25, 0.3) is 5.91 Å². The first-order valence-corrected chi connectivity index (χ1v) is 8.21. The average molecular weight is 384 g/mol. The molecule has 0 spiro atoms. The number of benzene rings is 2. The van der Waals surface area contributed by atoms with E-state index in [-0.39, 0.29) is 11.5 Å². The van der Waals surface area contributed by atoms with Crippen LogP contribution in [0.3, 0.4) is 0 Å². The topological polar surface area (TPSA) is 56.1 Å². The van der Waals surface area contributed by atoms with Crippen molar-refractivity contribution in [2.24, 2.45) is 0 Å². The van der Waals surface area contributed by atoms with Gasteiger partial charge in [-0.2, -0.15) is 5.26 Å². The van der Waals surface area contributed by atoms with E-state index in [1.54, 1.807) is 6.08 Å². The minimum absolute atomic E-state index is 0.0791. The van der Waals surface area contributed by atoms with E-state index >= 15 is 0 Å². The van der Waals surface area contributed by atoms with Crippen LogP contribution in [0.5, 0.6) is 0 Å². The lowest BCUT2D eigenvalue weighted by molar-refractivity contribution is -0.117. The third-order valence-electron chi connectivity index (χ3n) is 3.43. The quantitative estimate of drug-likeness (QED) is 0.631. The number of rotatable bonds is 5. The summed E-state index contributed by atoms with van der Waals surface area (Å²) in [6.45, 7) is 0.391. The Morgan fingerprint density at radius 2 is 1.96 bits per heavy atom. The molecule has 0 heterocycles. The Kier molecular flexibility index (Phi) is 6.16. The first kappa shape index (κ1) is 17.8. The molecular weight excluding hydrogens is 366 g/mol. The second-order valence-electron chi connectivity index (χ2n) is 5.44. The van der Waals surface area contributed by atoms with Crippen molar-refractivity contribution >= 4 is 33.6 Å².